The molecule has 0 aliphatic carbocycles. The van der Waals surface area contributed by atoms with Crippen LogP contribution in [-0.2, 0) is 19.3 Å². The fourth-order valence-corrected chi connectivity index (χ4v) is 0.275. The Balaban J connectivity index is 0. The van der Waals surface area contributed by atoms with Gasteiger partial charge in [-0.3, -0.25) is 0 Å². The zero-order chi connectivity index (χ0) is 11.6. The molecule has 0 aliphatic rings. The van der Waals surface area contributed by atoms with Gasteiger partial charge in [-0.1, -0.05) is 0 Å². The molecule has 0 unspecified atom stereocenters. The van der Waals surface area contributed by atoms with Crippen molar-refractivity contribution in [2.45, 2.75) is 13.8 Å². The first kappa shape index (κ1) is 14.1. The number of hydrogen-bond donors (Lipinski definition) is 0. The molecule has 0 aliphatic heterocycles. The van der Waals surface area contributed by atoms with Crippen molar-refractivity contribution in [3.63, 3.8) is 0 Å². The van der Waals surface area contributed by atoms with Gasteiger partial charge in [0.05, 0.1) is 0 Å². The summed E-state index contributed by atoms with van der Waals surface area (Å²) >= 11 is 0. The maximum Gasteiger partial charge on any atom is 0.363 e. The van der Waals surface area contributed by atoms with E-state index in [4.69, 9.17) is 16.6 Å². The minimum absolute atomic E-state index is 0.00463. The predicted molar refractivity (Wildman–Crippen MR) is 39.4 cm³/mol. The van der Waals surface area contributed by atoms with Crippen LogP contribution in [0.4, 0.5) is 0 Å². The summed E-state index contributed by atoms with van der Waals surface area (Å²) in [5, 5.41) is 0.00463. The summed E-state index contributed by atoms with van der Waals surface area (Å²) in [6.45, 7) is 2.11. The lowest BCUT2D eigenvalue weighted by molar-refractivity contribution is -0.947. The normalized spacial score (nSPS) is 6.71. The lowest BCUT2D eigenvalue weighted by atomic mass is 10.8. The van der Waals surface area contributed by atoms with Crippen molar-refractivity contribution in [2.75, 3.05) is 0 Å². The fraction of sp³-hybridized carbons (Fsp3) is 0.500. The Labute approximate surface area is 77.6 Å². The molecule has 10 nitrogen and oxygen atoms in total. The fourth-order valence-electron chi connectivity index (χ4n) is 0.275. The van der Waals surface area contributed by atoms with Crippen LogP contribution in [0.5, 0.6) is 0 Å². The average Bonchev–Trinajstić information content (AvgIpc) is 2.02. The molecule has 0 aromatic heterocycles. The summed E-state index contributed by atoms with van der Waals surface area (Å²) in [4.78, 5) is 32.2. The maximum atomic E-state index is 10.2. The molecule has 74 valence electrons. The molecule has 0 aromatic carbocycles. The third kappa shape index (κ3) is 12.3. The van der Waals surface area contributed by atoms with Gasteiger partial charge < -0.3 is 0 Å². The summed E-state index contributed by atoms with van der Waals surface area (Å²) in [6, 6.07) is 0. The molecule has 0 spiro atoms. The van der Waals surface area contributed by atoms with E-state index in [9.17, 15) is 9.59 Å². The highest BCUT2D eigenvalue weighted by Crippen LogP contribution is 1.85. The van der Waals surface area contributed by atoms with Crippen molar-refractivity contribution in [3.05, 3.63) is 20.9 Å². The molecule has 14 heavy (non-hydrogen) atoms. The Bertz CT molecular complexity index is 281. The van der Waals surface area contributed by atoms with Gasteiger partial charge in [0.15, 0.2) is 0 Å². The lowest BCUT2D eigenvalue weighted by Crippen LogP contribution is -2.16. The van der Waals surface area contributed by atoms with Crippen LogP contribution in [0.3, 0.4) is 0 Å². The highest BCUT2D eigenvalue weighted by Gasteiger charge is 2.11. The molecule has 0 heterocycles. The molecule has 2 radical (unpaired) electrons. The molecule has 10 heteroatoms. The lowest BCUT2D eigenvalue weighted by Gasteiger charge is -1.92. The molecule has 0 fully saturated rings. The first-order valence-electron chi connectivity index (χ1n) is 2.98. The van der Waals surface area contributed by atoms with E-state index in [0.717, 1.165) is 13.8 Å². The largest absolute Gasteiger partial charge is 0.363 e. The number of rotatable bonds is 2. The highest BCUT2D eigenvalue weighted by molar-refractivity contribution is 5.66. The van der Waals surface area contributed by atoms with Gasteiger partial charge in [-0.2, -0.15) is 0 Å². The number of carbonyl (C=O) groups excluding carboxylic acids is 2. The molecule has 0 N–H and O–H groups in total. The van der Waals surface area contributed by atoms with Gasteiger partial charge >= 0.3 is 38.5 Å². The molecule has 0 bridgehead atoms. The third-order valence-corrected chi connectivity index (χ3v) is 0.486. The average molecular weight is 202 g/mol. The zero-order valence-electron chi connectivity index (χ0n) is 7.32. The van der Waals surface area contributed by atoms with E-state index in [1.807, 2.05) is 0 Å². The van der Waals surface area contributed by atoms with Crippen molar-refractivity contribution in [2.24, 2.45) is 0 Å². The Morgan fingerprint density at radius 2 is 1.50 bits per heavy atom. The standard InChI is InChI=1S/C4H6N3O4.N3/c1-3(8)10-7(6-5)11-4(2)9;1-3-2/h1-2H3;/q2*+1. The first-order chi connectivity index (χ1) is 6.47. The van der Waals surface area contributed by atoms with Gasteiger partial charge in [-0.25, -0.2) is 19.3 Å². The monoisotopic (exact) mass is 202 g/mol. The molecular formula is C4H6N6O4+2. The molecule has 0 atom stereocenters. The third-order valence-electron chi connectivity index (χ3n) is 0.486. The van der Waals surface area contributed by atoms with Crippen LogP contribution in [0.2, 0.25) is 0 Å². The van der Waals surface area contributed by atoms with Gasteiger partial charge in [0.2, 0.25) is 0 Å². The minimum Gasteiger partial charge on any atom is -0.250 e. The van der Waals surface area contributed by atoms with E-state index in [1.54, 1.807) is 0 Å². The van der Waals surface area contributed by atoms with E-state index < -0.39 is 11.9 Å². The van der Waals surface area contributed by atoms with Crippen molar-refractivity contribution in [3.8, 4) is 0 Å². The van der Waals surface area contributed by atoms with Crippen molar-refractivity contribution >= 4 is 11.9 Å². The Kier molecular flexibility index (Phi) is 8.72. The molecule has 0 saturated heterocycles. The molecule has 0 aromatic rings. The van der Waals surface area contributed by atoms with Gasteiger partial charge in [-0.05, 0) is 0 Å². The van der Waals surface area contributed by atoms with E-state index in [0.29, 0.717) is 0 Å². The summed E-state index contributed by atoms with van der Waals surface area (Å²) in [6.07, 6.45) is 0. The van der Waals surface area contributed by atoms with Gasteiger partial charge in [0.25, 0.3) is 4.91 Å². The summed E-state index contributed by atoms with van der Waals surface area (Å²) in [7, 11) is 0. The SMILES string of the molecule is CC(=O)O[N+](=[N+]=[N-])OC(C)=O.[N+]=[N+]=[N-]. The summed E-state index contributed by atoms with van der Waals surface area (Å²) in [5.74, 6) is -1.55. The van der Waals surface area contributed by atoms with Crippen molar-refractivity contribution in [1.82, 2.24) is 5.53 Å². The predicted octanol–water partition coefficient (Wildman–Crippen LogP) is 0.362. The summed E-state index contributed by atoms with van der Waals surface area (Å²) < 4.78 is 0. The van der Waals surface area contributed by atoms with Crippen LogP contribution in [0, 0.1) is 0 Å². The van der Waals surface area contributed by atoms with Crippen LogP contribution in [0.15, 0.2) is 0 Å². The quantitative estimate of drug-likeness (QED) is 0.274. The Hall–Kier alpha value is -2.44. The van der Waals surface area contributed by atoms with Crippen LogP contribution >= 0.6 is 0 Å². The van der Waals surface area contributed by atoms with Crippen molar-refractivity contribution < 1.29 is 24.3 Å². The molecule has 0 saturated carbocycles. The Morgan fingerprint density at radius 3 is 1.64 bits per heavy atom. The van der Waals surface area contributed by atoms with Gasteiger partial charge in [-0.15, -0.1) is 0 Å². The smallest absolute Gasteiger partial charge is 0.250 e. The minimum atomic E-state index is -0.774. The molecule has 0 rings (SSSR count). The second-order valence-electron chi connectivity index (χ2n) is 1.58. The van der Waals surface area contributed by atoms with Crippen LogP contribution in [0.1, 0.15) is 13.8 Å². The van der Waals surface area contributed by atoms with E-state index >= 15 is 0 Å². The second-order valence-corrected chi connectivity index (χ2v) is 1.58. The topological polar surface area (TPSA) is 151 Å². The van der Waals surface area contributed by atoms with Gasteiger partial charge in [0, 0.05) is 13.8 Å². The van der Waals surface area contributed by atoms with Crippen LogP contribution < -0.4 is 5.53 Å². The van der Waals surface area contributed by atoms with Crippen LogP contribution in [0.25, 0.3) is 20.9 Å². The number of carbonyl (C=O) groups is 2. The second kappa shape index (κ2) is 8.65. The molecular weight excluding hydrogens is 196 g/mol. The summed E-state index contributed by atoms with van der Waals surface area (Å²) in [5.41, 5.74) is 21.5. The highest BCUT2D eigenvalue weighted by atomic mass is 17.0. The molecule has 0 amide bonds. The number of hydrogen-bond acceptors (Lipinski definition) is 4. The Morgan fingerprint density at radius 1 is 1.21 bits per heavy atom. The van der Waals surface area contributed by atoms with E-state index in [1.165, 1.54) is 4.91 Å². The zero-order valence-corrected chi connectivity index (χ0v) is 7.32. The van der Waals surface area contributed by atoms with Gasteiger partial charge in [0.1, 0.15) is 0 Å². The first-order valence-corrected chi connectivity index (χ1v) is 2.98. The van der Waals surface area contributed by atoms with E-state index in [-0.39, 0.29) is 5.02 Å². The maximum absolute atomic E-state index is 10.2. The van der Waals surface area contributed by atoms with Crippen LogP contribution in [-0.4, -0.2) is 17.0 Å². The van der Waals surface area contributed by atoms with E-state index in [2.05, 4.69) is 14.6 Å². The van der Waals surface area contributed by atoms with Crippen molar-refractivity contribution in [1.29, 1.82) is 0 Å². The number of nitrogens with zero attached hydrogens (tertiary/aromatic N) is 6.